The Balaban J connectivity index is 2.21. The summed E-state index contributed by atoms with van der Waals surface area (Å²) in [6.07, 6.45) is 1.06. The molecule has 0 bridgehead atoms. The first-order chi connectivity index (χ1) is 13.8. The summed E-state index contributed by atoms with van der Waals surface area (Å²) in [6, 6.07) is 14.7. The molecule has 0 aromatic heterocycles. The summed E-state index contributed by atoms with van der Waals surface area (Å²) >= 11 is 3.47. The molecule has 5 nitrogen and oxygen atoms in total. The fraction of sp³-hybridized carbons (Fsp3) is 0.391. The lowest BCUT2D eigenvalue weighted by atomic mass is 10.1. The molecule has 0 aliphatic heterocycles. The summed E-state index contributed by atoms with van der Waals surface area (Å²) in [4.78, 5) is 27.5. The van der Waals surface area contributed by atoms with Crippen molar-refractivity contribution in [2.24, 2.45) is 0 Å². The van der Waals surface area contributed by atoms with E-state index in [-0.39, 0.29) is 24.3 Å². The van der Waals surface area contributed by atoms with Crippen LogP contribution in [0.5, 0.6) is 5.75 Å². The van der Waals surface area contributed by atoms with E-state index in [2.05, 4.69) is 21.2 Å². The molecular formula is C23H29BrN2O3. The van der Waals surface area contributed by atoms with Crippen LogP contribution in [0.15, 0.2) is 53.0 Å². The van der Waals surface area contributed by atoms with Gasteiger partial charge in [0.25, 0.3) is 0 Å². The molecule has 2 atom stereocenters. The molecule has 2 amide bonds. The van der Waals surface area contributed by atoms with Gasteiger partial charge in [-0.25, -0.2) is 0 Å². The largest absolute Gasteiger partial charge is 0.497 e. The minimum Gasteiger partial charge on any atom is -0.497 e. The van der Waals surface area contributed by atoms with Crippen LogP contribution in [0, 0.1) is 0 Å². The molecule has 29 heavy (non-hydrogen) atoms. The van der Waals surface area contributed by atoms with E-state index >= 15 is 0 Å². The molecule has 2 aromatic carbocycles. The number of halogens is 1. The van der Waals surface area contributed by atoms with E-state index in [1.54, 1.807) is 18.9 Å². The fourth-order valence-corrected chi connectivity index (χ4v) is 3.35. The molecule has 2 aromatic rings. The molecule has 0 saturated heterocycles. The van der Waals surface area contributed by atoms with Gasteiger partial charge < -0.3 is 15.0 Å². The second-order valence-electron chi connectivity index (χ2n) is 7.17. The molecule has 6 heteroatoms. The lowest BCUT2D eigenvalue weighted by Gasteiger charge is -2.30. The third-order valence-electron chi connectivity index (χ3n) is 4.92. The number of nitrogens with zero attached hydrogens (tertiary/aromatic N) is 1. The maximum atomic E-state index is 13.2. The van der Waals surface area contributed by atoms with Crippen molar-refractivity contribution >= 4 is 27.7 Å². The van der Waals surface area contributed by atoms with E-state index < -0.39 is 6.04 Å². The number of carbonyl (C=O) groups is 2. The van der Waals surface area contributed by atoms with Gasteiger partial charge in [0.2, 0.25) is 11.8 Å². The van der Waals surface area contributed by atoms with Crippen molar-refractivity contribution in [1.29, 1.82) is 0 Å². The first kappa shape index (κ1) is 22.9. The number of hydrogen-bond donors (Lipinski definition) is 1. The molecule has 0 fully saturated rings. The van der Waals surface area contributed by atoms with Crippen LogP contribution in [-0.4, -0.2) is 35.9 Å². The molecule has 0 radical (unpaired) electrons. The van der Waals surface area contributed by atoms with Crippen molar-refractivity contribution in [2.75, 3.05) is 7.11 Å². The Morgan fingerprint density at radius 1 is 1.10 bits per heavy atom. The SMILES string of the molecule is CC[C@H](C)NC(=O)[C@@H](C)N(Cc1cccc(Br)c1)C(=O)Cc1ccc(OC)cc1. The molecule has 1 N–H and O–H groups in total. The van der Waals surface area contributed by atoms with Gasteiger partial charge in [-0.15, -0.1) is 0 Å². The van der Waals surface area contributed by atoms with E-state index in [9.17, 15) is 9.59 Å². The number of carbonyl (C=O) groups excluding carboxylic acids is 2. The predicted molar refractivity (Wildman–Crippen MR) is 119 cm³/mol. The normalized spacial score (nSPS) is 12.7. The number of benzene rings is 2. The van der Waals surface area contributed by atoms with Gasteiger partial charge in [-0.3, -0.25) is 9.59 Å². The molecule has 0 spiro atoms. The van der Waals surface area contributed by atoms with Crippen molar-refractivity contribution in [3.8, 4) is 5.75 Å². The van der Waals surface area contributed by atoms with Gasteiger partial charge in [-0.2, -0.15) is 0 Å². The lowest BCUT2D eigenvalue weighted by Crippen LogP contribution is -2.49. The first-order valence-electron chi connectivity index (χ1n) is 9.81. The van der Waals surface area contributed by atoms with Gasteiger partial charge in [-0.05, 0) is 55.7 Å². The van der Waals surface area contributed by atoms with Crippen LogP contribution in [0.3, 0.4) is 0 Å². The maximum absolute atomic E-state index is 13.2. The Bertz CT molecular complexity index is 823. The van der Waals surface area contributed by atoms with Crippen molar-refractivity contribution in [3.63, 3.8) is 0 Å². The summed E-state index contributed by atoms with van der Waals surface area (Å²) in [5.41, 5.74) is 1.84. The first-order valence-corrected chi connectivity index (χ1v) is 10.6. The monoisotopic (exact) mass is 460 g/mol. The van der Waals surface area contributed by atoms with Crippen molar-refractivity contribution in [2.45, 2.75) is 52.2 Å². The third-order valence-corrected chi connectivity index (χ3v) is 5.42. The van der Waals surface area contributed by atoms with Crippen LogP contribution in [0.4, 0.5) is 0 Å². The van der Waals surface area contributed by atoms with Gasteiger partial charge in [0.05, 0.1) is 13.5 Å². The molecule has 156 valence electrons. The number of amides is 2. The van der Waals surface area contributed by atoms with E-state index in [1.165, 1.54) is 0 Å². The van der Waals surface area contributed by atoms with Crippen LogP contribution in [0.2, 0.25) is 0 Å². The average molecular weight is 461 g/mol. The zero-order valence-electron chi connectivity index (χ0n) is 17.4. The van der Waals surface area contributed by atoms with Crippen LogP contribution >= 0.6 is 15.9 Å². The number of methoxy groups -OCH3 is 1. The number of hydrogen-bond acceptors (Lipinski definition) is 3. The van der Waals surface area contributed by atoms with E-state index in [4.69, 9.17) is 4.74 Å². The summed E-state index contributed by atoms with van der Waals surface area (Å²) in [5, 5.41) is 2.98. The van der Waals surface area contributed by atoms with Gasteiger partial charge in [0.1, 0.15) is 11.8 Å². The van der Waals surface area contributed by atoms with E-state index in [1.807, 2.05) is 62.4 Å². The Labute approximate surface area is 181 Å². The van der Waals surface area contributed by atoms with Crippen molar-refractivity contribution in [1.82, 2.24) is 10.2 Å². The second-order valence-corrected chi connectivity index (χ2v) is 8.09. The highest BCUT2D eigenvalue weighted by atomic mass is 79.9. The molecular weight excluding hydrogens is 432 g/mol. The summed E-state index contributed by atoms with van der Waals surface area (Å²) < 4.78 is 6.12. The van der Waals surface area contributed by atoms with Crippen LogP contribution in [-0.2, 0) is 22.6 Å². The maximum Gasteiger partial charge on any atom is 0.242 e. The topological polar surface area (TPSA) is 58.6 Å². The molecule has 0 aliphatic rings. The highest BCUT2D eigenvalue weighted by Gasteiger charge is 2.26. The third kappa shape index (κ3) is 6.89. The molecule has 0 aliphatic carbocycles. The number of ether oxygens (including phenoxy) is 1. The Morgan fingerprint density at radius 2 is 1.79 bits per heavy atom. The Kier molecular flexibility index (Phi) is 8.70. The fourth-order valence-electron chi connectivity index (χ4n) is 2.90. The minimum absolute atomic E-state index is 0.0642. The van der Waals surface area contributed by atoms with Crippen LogP contribution in [0.1, 0.15) is 38.3 Å². The van der Waals surface area contributed by atoms with Gasteiger partial charge in [0.15, 0.2) is 0 Å². The number of nitrogens with one attached hydrogen (secondary N) is 1. The highest BCUT2D eigenvalue weighted by Crippen LogP contribution is 2.18. The molecule has 0 unspecified atom stereocenters. The lowest BCUT2D eigenvalue weighted by molar-refractivity contribution is -0.140. The average Bonchev–Trinajstić information content (AvgIpc) is 2.71. The standard InChI is InChI=1S/C23H29BrN2O3/c1-5-16(2)25-23(28)17(3)26(15-19-7-6-8-20(24)13-19)22(27)14-18-9-11-21(29-4)12-10-18/h6-13,16-17H,5,14-15H2,1-4H3,(H,25,28)/t16-,17+/m0/s1. The van der Waals surface area contributed by atoms with Crippen LogP contribution < -0.4 is 10.1 Å². The Hall–Kier alpha value is -2.34. The Morgan fingerprint density at radius 3 is 2.38 bits per heavy atom. The zero-order chi connectivity index (χ0) is 21.4. The van der Waals surface area contributed by atoms with Crippen molar-refractivity contribution < 1.29 is 14.3 Å². The minimum atomic E-state index is -0.575. The molecule has 0 heterocycles. The number of rotatable bonds is 9. The highest BCUT2D eigenvalue weighted by molar-refractivity contribution is 9.10. The van der Waals surface area contributed by atoms with Gasteiger partial charge >= 0.3 is 0 Å². The zero-order valence-corrected chi connectivity index (χ0v) is 19.0. The predicted octanol–water partition coefficient (Wildman–Crippen LogP) is 4.33. The van der Waals surface area contributed by atoms with E-state index in [0.717, 1.165) is 27.8 Å². The van der Waals surface area contributed by atoms with E-state index in [0.29, 0.717) is 6.54 Å². The molecule has 0 saturated carbocycles. The van der Waals surface area contributed by atoms with Crippen molar-refractivity contribution in [3.05, 3.63) is 64.1 Å². The van der Waals surface area contributed by atoms with Crippen LogP contribution in [0.25, 0.3) is 0 Å². The smallest absolute Gasteiger partial charge is 0.242 e. The summed E-state index contributed by atoms with van der Waals surface area (Å²) in [6.45, 7) is 6.12. The summed E-state index contributed by atoms with van der Waals surface area (Å²) in [5.74, 6) is 0.507. The van der Waals surface area contributed by atoms with Gasteiger partial charge in [-0.1, -0.05) is 47.1 Å². The summed E-state index contributed by atoms with van der Waals surface area (Å²) in [7, 11) is 1.61. The molecule has 2 rings (SSSR count). The van der Waals surface area contributed by atoms with Gasteiger partial charge in [0, 0.05) is 17.1 Å². The second kappa shape index (κ2) is 11.0. The quantitative estimate of drug-likeness (QED) is 0.605.